The van der Waals surface area contributed by atoms with Crippen molar-refractivity contribution >= 4 is 12.3 Å². The molecular weight excluding hydrogens is 80.1 g/mol. The lowest BCUT2D eigenvalue weighted by molar-refractivity contribution is -0.458. The van der Waals surface area contributed by atoms with E-state index in [1.807, 2.05) is 0 Å². The summed E-state index contributed by atoms with van der Waals surface area (Å²) in [6.45, 7) is 0. The molecule has 1 rings (SSSR count). The summed E-state index contributed by atoms with van der Waals surface area (Å²) in [5, 5.41) is 3.69. The van der Waals surface area contributed by atoms with Crippen LogP contribution in [0.4, 0.5) is 0 Å². The summed E-state index contributed by atoms with van der Waals surface area (Å²) >= 11 is 0.815. The van der Waals surface area contributed by atoms with E-state index in [0.717, 1.165) is 12.3 Å². The van der Waals surface area contributed by atoms with Gasteiger partial charge in [-0.15, -0.1) is 0 Å². The Balaban J connectivity index is 2.00. The van der Waals surface area contributed by atoms with Crippen LogP contribution in [0.15, 0.2) is 0 Å². The van der Waals surface area contributed by atoms with E-state index in [4.69, 9.17) is 0 Å². The summed E-state index contributed by atoms with van der Waals surface area (Å²) in [6.07, 6.45) is 0. The first kappa shape index (κ1) is 2.47. The van der Waals surface area contributed by atoms with E-state index in [9.17, 15) is 0 Å². The molecule has 1 saturated heterocycles. The fraction of sp³-hybridized carbons (Fsp3) is 0. The number of rotatable bonds is 0. The van der Waals surface area contributed by atoms with Gasteiger partial charge in [0.1, 0.15) is 0 Å². The molecule has 0 saturated carbocycles. The maximum atomic E-state index is 3.92. The van der Waals surface area contributed by atoms with Gasteiger partial charge in [0.25, 0.3) is 0 Å². The molecule has 1 heterocycles. The summed E-state index contributed by atoms with van der Waals surface area (Å²) in [6, 6.07) is 0. The van der Waals surface area contributed by atoms with Crippen molar-refractivity contribution in [2.24, 2.45) is 0 Å². The SMILES string of the molecule is O1OSO1. The van der Waals surface area contributed by atoms with Gasteiger partial charge in [-0.25, -0.2) is 0 Å². The average Bonchev–Trinajstić information content (AvgIpc) is 0.722. The van der Waals surface area contributed by atoms with Crippen LogP contribution in [0.3, 0.4) is 0 Å². The highest BCUT2D eigenvalue weighted by atomic mass is 32.2. The topological polar surface area (TPSA) is 27.7 Å². The van der Waals surface area contributed by atoms with Gasteiger partial charge in [0, 0.05) is 0 Å². The standard InChI is InChI=1S/O3S/c1-2-4-3-1. The zero-order chi connectivity index (χ0) is 2.83. The molecule has 0 bridgehead atoms. The van der Waals surface area contributed by atoms with Crippen LogP contribution in [0.5, 0.6) is 0 Å². The molecule has 0 aromatic rings. The van der Waals surface area contributed by atoms with Crippen LogP contribution < -0.4 is 0 Å². The van der Waals surface area contributed by atoms with Crippen molar-refractivity contribution in [2.75, 3.05) is 0 Å². The second kappa shape index (κ2) is 0.898. The van der Waals surface area contributed by atoms with Gasteiger partial charge in [-0.3, -0.25) is 0 Å². The van der Waals surface area contributed by atoms with E-state index in [2.05, 4.69) is 13.7 Å². The van der Waals surface area contributed by atoms with Crippen LogP contribution in [0, 0.1) is 0 Å². The van der Waals surface area contributed by atoms with Crippen LogP contribution in [0.2, 0.25) is 0 Å². The lowest BCUT2D eigenvalue weighted by atomic mass is 14.5. The molecule has 0 aromatic carbocycles. The Kier molecular flexibility index (Phi) is 0.554. The molecule has 0 N–H and O–H groups in total. The quantitative estimate of drug-likeness (QED) is 0.312. The van der Waals surface area contributed by atoms with Crippen molar-refractivity contribution < 1.29 is 13.7 Å². The first-order chi connectivity index (χ1) is 2.00. The zero-order valence-electron chi connectivity index (χ0n) is 1.63. The van der Waals surface area contributed by atoms with Gasteiger partial charge in [-0.2, -0.15) is 0 Å². The lowest BCUT2D eigenvalue weighted by Gasteiger charge is -2.01. The summed E-state index contributed by atoms with van der Waals surface area (Å²) < 4.78 is 7.83. The third-order valence-corrected chi connectivity index (χ3v) is 0.333. The highest BCUT2D eigenvalue weighted by Crippen LogP contribution is 2.16. The predicted octanol–water partition coefficient (Wildman–Crippen LogP) is 0.443. The second-order valence-corrected chi connectivity index (χ2v) is 0.680. The molecule has 4 heteroatoms. The summed E-state index contributed by atoms with van der Waals surface area (Å²) in [5.41, 5.74) is 0. The fourth-order valence-electron chi connectivity index (χ4n) is 0.0278. The second-order valence-electron chi connectivity index (χ2n) is 0.272. The van der Waals surface area contributed by atoms with Gasteiger partial charge in [0.15, 0.2) is 0 Å². The van der Waals surface area contributed by atoms with Crippen LogP contribution in [-0.4, -0.2) is 0 Å². The summed E-state index contributed by atoms with van der Waals surface area (Å²) in [7, 11) is 0. The van der Waals surface area contributed by atoms with Gasteiger partial charge < -0.3 is 0 Å². The van der Waals surface area contributed by atoms with E-state index < -0.39 is 0 Å². The molecule has 0 spiro atoms. The molecule has 0 atom stereocenters. The molecule has 0 aliphatic carbocycles. The van der Waals surface area contributed by atoms with Crippen molar-refractivity contribution in [3.05, 3.63) is 0 Å². The van der Waals surface area contributed by atoms with E-state index in [0.29, 0.717) is 0 Å². The molecule has 1 aliphatic rings. The van der Waals surface area contributed by atoms with Crippen LogP contribution in [-0.2, 0) is 13.7 Å². The normalized spacial score (nSPS) is 24.0. The smallest absolute Gasteiger partial charge is 0.0985 e. The van der Waals surface area contributed by atoms with E-state index in [-0.39, 0.29) is 0 Å². The molecule has 0 unspecified atom stereocenters. The first-order valence-corrected chi connectivity index (χ1v) is 1.33. The molecule has 4 heavy (non-hydrogen) atoms. The maximum absolute atomic E-state index is 3.92. The summed E-state index contributed by atoms with van der Waals surface area (Å²) in [5.74, 6) is 0. The molecule has 0 aromatic heterocycles. The monoisotopic (exact) mass is 80.0 g/mol. The highest BCUT2D eigenvalue weighted by molar-refractivity contribution is 7.90. The van der Waals surface area contributed by atoms with Gasteiger partial charge >= 0.3 is 0 Å². The van der Waals surface area contributed by atoms with Crippen molar-refractivity contribution in [1.29, 1.82) is 0 Å². The van der Waals surface area contributed by atoms with E-state index in [1.54, 1.807) is 0 Å². The molecule has 24 valence electrons. The number of hydrogen-bond acceptors (Lipinski definition) is 4. The van der Waals surface area contributed by atoms with Crippen LogP contribution >= 0.6 is 12.3 Å². The first-order valence-electron chi connectivity index (χ1n) is 0.667. The maximum Gasteiger partial charge on any atom is 0.235 e. The van der Waals surface area contributed by atoms with Gasteiger partial charge in [0.05, 0.1) is 0 Å². The largest absolute Gasteiger partial charge is 0.235 e. The Labute approximate surface area is 27.1 Å². The Morgan fingerprint density at radius 2 is 1.50 bits per heavy atom. The molecule has 0 radical (unpaired) electrons. The molecule has 1 aliphatic heterocycles. The van der Waals surface area contributed by atoms with E-state index >= 15 is 0 Å². The Morgan fingerprint density at radius 3 is 1.50 bits per heavy atom. The van der Waals surface area contributed by atoms with Crippen molar-refractivity contribution in [3.63, 3.8) is 0 Å². The Morgan fingerprint density at radius 1 is 1.25 bits per heavy atom. The van der Waals surface area contributed by atoms with E-state index in [1.165, 1.54) is 0 Å². The van der Waals surface area contributed by atoms with Crippen LogP contribution in [0.25, 0.3) is 0 Å². The third-order valence-electron chi connectivity index (χ3n) is 0.111. The third kappa shape index (κ3) is 0.189. The molecule has 3 nitrogen and oxygen atoms in total. The van der Waals surface area contributed by atoms with Crippen molar-refractivity contribution in [3.8, 4) is 0 Å². The van der Waals surface area contributed by atoms with Gasteiger partial charge in [0.2, 0.25) is 12.3 Å². The minimum atomic E-state index is 0.815. The van der Waals surface area contributed by atoms with Crippen molar-refractivity contribution in [1.82, 2.24) is 0 Å². The molecule has 0 amide bonds. The number of hydrogen-bond donors (Lipinski definition) is 0. The van der Waals surface area contributed by atoms with Gasteiger partial charge in [-0.1, -0.05) is 8.67 Å². The lowest BCUT2D eigenvalue weighted by Crippen LogP contribution is -1.92. The molecule has 1 fully saturated rings. The Bertz CT molecular complexity index is 11.2. The molecular formula is O3S. The highest BCUT2D eigenvalue weighted by Gasteiger charge is 2.01. The fourth-order valence-corrected chi connectivity index (χ4v) is 0.0833. The van der Waals surface area contributed by atoms with Gasteiger partial charge in [-0.05, 0) is 5.04 Å². The summed E-state index contributed by atoms with van der Waals surface area (Å²) in [4.78, 5) is 0. The van der Waals surface area contributed by atoms with Crippen LogP contribution in [0.1, 0.15) is 0 Å². The van der Waals surface area contributed by atoms with Crippen molar-refractivity contribution in [2.45, 2.75) is 0 Å². The minimum Gasteiger partial charge on any atom is -0.0985 e. The predicted molar refractivity (Wildman–Crippen MR) is 10.8 cm³/mol. The average molecular weight is 80.1 g/mol. The zero-order valence-corrected chi connectivity index (χ0v) is 2.45. The minimum absolute atomic E-state index is 0.815. The Hall–Kier alpha value is 0.230.